The van der Waals surface area contributed by atoms with E-state index in [4.69, 9.17) is 5.73 Å². The molecule has 42 heavy (non-hydrogen) atoms. The van der Waals surface area contributed by atoms with Crippen LogP contribution in [0.3, 0.4) is 0 Å². The third-order valence-electron chi connectivity index (χ3n) is 7.04. The van der Waals surface area contributed by atoms with E-state index < -0.39 is 58.6 Å². The van der Waals surface area contributed by atoms with Crippen LogP contribution in [0.2, 0.25) is 0 Å². The van der Waals surface area contributed by atoms with E-state index in [-0.39, 0.29) is 29.2 Å². The highest BCUT2D eigenvalue weighted by Crippen LogP contribution is 2.34. The number of rotatable bonds is 7. The van der Waals surface area contributed by atoms with Gasteiger partial charge in [-0.3, -0.25) is 9.59 Å². The zero-order valence-electron chi connectivity index (χ0n) is 21.6. The second-order valence-corrected chi connectivity index (χ2v) is 9.87. The van der Waals surface area contributed by atoms with Crippen molar-refractivity contribution in [3.8, 4) is 17.1 Å². The van der Waals surface area contributed by atoms with Gasteiger partial charge < -0.3 is 20.4 Å². The highest BCUT2D eigenvalue weighted by Gasteiger charge is 2.38. The molecule has 0 bridgehead atoms. The van der Waals surface area contributed by atoms with Crippen molar-refractivity contribution in [2.45, 2.75) is 51.1 Å². The molecule has 16 heteroatoms. The number of ether oxygens (including phenoxy) is 1. The SMILES string of the molecule is Nc1nc(-c2cc3ccn(C[C@@H]4CCC[C@H](Nc5cn[nH]c(=O)c5C(F)(F)F)C4)c(=O)c3cc2F)ncc1OC(F)F. The fourth-order valence-electron chi connectivity index (χ4n) is 5.20. The molecular formula is C26H23F6N7O3. The van der Waals surface area contributed by atoms with Gasteiger partial charge in [0, 0.05) is 18.8 Å². The summed E-state index contributed by atoms with van der Waals surface area (Å²) >= 11 is 0. The summed E-state index contributed by atoms with van der Waals surface area (Å²) in [4.78, 5) is 32.7. The first kappa shape index (κ1) is 28.9. The molecule has 3 aromatic heterocycles. The normalized spacial score (nSPS) is 17.5. The third kappa shape index (κ3) is 6.01. The number of fused-ring (bicyclic) bond motifs is 1. The topological polar surface area (TPSA) is 141 Å². The third-order valence-corrected chi connectivity index (χ3v) is 7.04. The van der Waals surface area contributed by atoms with Crippen molar-refractivity contribution < 1.29 is 31.1 Å². The summed E-state index contributed by atoms with van der Waals surface area (Å²) in [6.45, 7) is -2.91. The van der Waals surface area contributed by atoms with Gasteiger partial charge in [-0.15, -0.1) is 0 Å². The molecule has 4 aromatic rings. The number of nitrogens with two attached hydrogens (primary N) is 1. The van der Waals surface area contributed by atoms with E-state index in [1.807, 2.05) is 0 Å². The molecule has 1 fully saturated rings. The van der Waals surface area contributed by atoms with Crippen LogP contribution in [0.5, 0.6) is 5.75 Å². The number of aromatic nitrogens is 5. The number of aromatic amines is 1. The van der Waals surface area contributed by atoms with Gasteiger partial charge in [0.1, 0.15) is 11.4 Å². The van der Waals surface area contributed by atoms with E-state index in [0.717, 1.165) is 18.5 Å². The monoisotopic (exact) mass is 595 g/mol. The molecule has 5 rings (SSSR count). The molecule has 1 aromatic carbocycles. The smallest absolute Gasteiger partial charge is 0.423 e. The van der Waals surface area contributed by atoms with Gasteiger partial charge in [-0.05, 0) is 48.8 Å². The lowest BCUT2D eigenvalue weighted by Gasteiger charge is -2.31. The van der Waals surface area contributed by atoms with Crippen molar-refractivity contribution in [1.29, 1.82) is 0 Å². The zero-order valence-corrected chi connectivity index (χ0v) is 21.6. The predicted molar refractivity (Wildman–Crippen MR) is 139 cm³/mol. The largest absolute Gasteiger partial charge is 0.429 e. The fraction of sp³-hybridized carbons (Fsp3) is 0.346. The van der Waals surface area contributed by atoms with Crippen molar-refractivity contribution in [3.63, 3.8) is 0 Å². The standard InChI is InChI=1S/C26H23F6N7O3/c27-17-8-15-13(7-16(17)22-34-10-19(21(33)37-22)42-25(28)29)4-5-39(24(15)41)11-12-2-1-3-14(6-12)36-18-9-35-38-23(40)20(18)26(30,31)32/h4-5,7-10,12,14,25H,1-3,6,11H2,(H2,33,34,37)(H2,36,38,40)/t12-,14+/m1/s1. The predicted octanol–water partition coefficient (Wildman–Crippen LogP) is 4.55. The summed E-state index contributed by atoms with van der Waals surface area (Å²) in [5.74, 6) is -2.01. The summed E-state index contributed by atoms with van der Waals surface area (Å²) < 4.78 is 85.9. The Morgan fingerprint density at radius 1 is 1.19 bits per heavy atom. The van der Waals surface area contributed by atoms with Crippen LogP contribution in [0.4, 0.5) is 37.8 Å². The molecule has 1 saturated carbocycles. The maximum atomic E-state index is 15.1. The average molecular weight is 596 g/mol. The number of alkyl halides is 5. The Bertz CT molecular complexity index is 1740. The molecule has 0 spiro atoms. The van der Waals surface area contributed by atoms with Crippen LogP contribution in [0.15, 0.2) is 46.4 Å². The quantitative estimate of drug-likeness (QED) is 0.264. The molecule has 1 aliphatic rings. The number of nitrogen functional groups attached to an aromatic ring is 1. The van der Waals surface area contributed by atoms with Gasteiger partial charge in [-0.2, -0.15) is 27.1 Å². The minimum Gasteiger partial charge on any atom is -0.429 e. The highest BCUT2D eigenvalue weighted by molar-refractivity contribution is 5.86. The summed E-state index contributed by atoms with van der Waals surface area (Å²) in [7, 11) is 0. The van der Waals surface area contributed by atoms with Crippen LogP contribution in [0, 0.1) is 11.7 Å². The molecule has 0 saturated heterocycles. The minimum atomic E-state index is -4.87. The Hall–Kier alpha value is -4.63. The van der Waals surface area contributed by atoms with Gasteiger partial charge in [-0.25, -0.2) is 19.5 Å². The number of nitrogens with one attached hydrogen (secondary N) is 2. The lowest BCUT2D eigenvalue weighted by Crippen LogP contribution is -2.33. The number of hydrogen-bond donors (Lipinski definition) is 3. The van der Waals surface area contributed by atoms with Crippen molar-refractivity contribution >= 4 is 22.3 Å². The van der Waals surface area contributed by atoms with Crippen LogP contribution in [0.1, 0.15) is 31.2 Å². The maximum Gasteiger partial charge on any atom is 0.423 e. The van der Waals surface area contributed by atoms with Crippen molar-refractivity contribution in [3.05, 3.63) is 68.9 Å². The number of pyridine rings is 1. The molecule has 222 valence electrons. The van der Waals surface area contributed by atoms with Gasteiger partial charge in [-0.1, -0.05) is 6.42 Å². The number of hydrogen-bond acceptors (Lipinski definition) is 8. The molecule has 3 heterocycles. The van der Waals surface area contributed by atoms with E-state index in [9.17, 15) is 31.5 Å². The molecule has 0 amide bonds. The number of nitrogens with zero attached hydrogens (tertiary/aromatic N) is 4. The number of halogens is 6. The first-order valence-electron chi connectivity index (χ1n) is 12.7. The zero-order chi connectivity index (χ0) is 30.2. The lowest BCUT2D eigenvalue weighted by atomic mass is 9.85. The molecule has 2 atom stereocenters. The first-order chi connectivity index (χ1) is 19.9. The highest BCUT2D eigenvalue weighted by atomic mass is 19.4. The minimum absolute atomic E-state index is 0.0688. The van der Waals surface area contributed by atoms with E-state index in [2.05, 4.69) is 25.1 Å². The van der Waals surface area contributed by atoms with Crippen LogP contribution in [0.25, 0.3) is 22.2 Å². The lowest BCUT2D eigenvalue weighted by molar-refractivity contribution is -0.138. The van der Waals surface area contributed by atoms with Crippen LogP contribution >= 0.6 is 0 Å². The Morgan fingerprint density at radius 3 is 2.69 bits per heavy atom. The summed E-state index contributed by atoms with van der Waals surface area (Å²) in [5, 5.41) is 8.51. The Morgan fingerprint density at radius 2 is 1.98 bits per heavy atom. The molecule has 0 unspecified atom stereocenters. The molecular weight excluding hydrogens is 572 g/mol. The summed E-state index contributed by atoms with van der Waals surface area (Å²) in [5.41, 5.74) is 1.94. The number of anilines is 2. The van der Waals surface area contributed by atoms with Gasteiger partial charge in [0.2, 0.25) is 0 Å². The van der Waals surface area contributed by atoms with Gasteiger partial charge in [0.25, 0.3) is 11.1 Å². The molecule has 10 nitrogen and oxygen atoms in total. The average Bonchev–Trinajstić information content (AvgIpc) is 2.91. The first-order valence-corrected chi connectivity index (χ1v) is 12.7. The number of H-pyrrole nitrogens is 1. The van der Waals surface area contributed by atoms with Crippen molar-refractivity contribution in [2.24, 2.45) is 5.92 Å². The Balaban J connectivity index is 1.35. The van der Waals surface area contributed by atoms with Crippen molar-refractivity contribution in [2.75, 3.05) is 11.1 Å². The van der Waals surface area contributed by atoms with Crippen molar-refractivity contribution in [1.82, 2.24) is 24.7 Å². The van der Waals surface area contributed by atoms with E-state index in [1.165, 1.54) is 16.8 Å². The van der Waals surface area contributed by atoms with Crippen LogP contribution in [-0.2, 0) is 12.7 Å². The van der Waals surface area contributed by atoms with E-state index >= 15 is 4.39 Å². The fourth-order valence-corrected chi connectivity index (χ4v) is 5.20. The maximum absolute atomic E-state index is 15.1. The van der Waals surface area contributed by atoms with Gasteiger partial charge >= 0.3 is 12.8 Å². The number of benzene rings is 1. The molecule has 1 aliphatic carbocycles. The second-order valence-electron chi connectivity index (χ2n) is 9.87. The Kier molecular flexibility index (Phi) is 7.79. The summed E-state index contributed by atoms with van der Waals surface area (Å²) in [6.07, 6.45) is 0.842. The van der Waals surface area contributed by atoms with Crippen LogP contribution < -0.4 is 26.9 Å². The molecule has 0 aliphatic heterocycles. The summed E-state index contributed by atoms with van der Waals surface area (Å²) in [6, 6.07) is 3.56. The van der Waals surface area contributed by atoms with Gasteiger partial charge in [0.15, 0.2) is 17.4 Å². The van der Waals surface area contributed by atoms with E-state index in [1.54, 1.807) is 11.2 Å². The molecule has 0 radical (unpaired) electrons. The van der Waals surface area contributed by atoms with E-state index in [0.29, 0.717) is 31.1 Å². The van der Waals surface area contributed by atoms with Crippen LogP contribution in [-0.4, -0.2) is 37.4 Å². The molecule has 4 N–H and O–H groups in total. The Labute approximate surface area is 232 Å². The second kappa shape index (κ2) is 11.3. The van der Waals surface area contributed by atoms with Gasteiger partial charge in [0.05, 0.1) is 29.0 Å².